The summed E-state index contributed by atoms with van der Waals surface area (Å²) in [6.45, 7) is -0.0633. The lowest BCUT2D eigenvalue weighted by Crippen LogP contribution is -2.61. The molecule has 0 radical (unpaired) electrons. The van der Waals surface area contributed by atoms with Crippen molar-refractivity contribution in [1.82, 2.24) is 0 Å². The highest BCUT2D eigenvalue weighted by Crippen LogP contribution is 2.46. The summed E-state index contributed by atoms with van der Waals surface area (Å²) in [5.74, 6) is 0. The molecule has 4 heterocycles. The molecule has 0 N–H and O–H groups in total. The van der Waals surface area contributed by atoms with Crippen molar-refractivity contribution in [2.24, 2.45) is 0 Å². The average Bonchev–Trinajstić information content (AvgIpc) is 3.88. The molecule has 0 amide bonds. The maximum atomic E-state index is 6.40. The number of benzene rings is 9. The highest BCUT2D eigenvalue weighted by atomic mass is 16.3. The van der Waals surface area contributed by atoms with Gasteiger partial charge in [-0.2, -0.15) is 0 Å². The van der Waals surface area contributed by atoms with Crippen molar-refractivity contribution in [1.29, 1.82) is 0 Å². The van der Waals surface area contributed by atoms with E-state index < -0.39 is 0 Å². The van der Waals surface area contributed by atoms with Crippen LogP contribution in [-0.4, -0.2) is 6.71 Å². The molecule has 0 spiro atoms. The van der Waals surface area contributed by atoms with E-state index in [9.17, 15) is 0 Å². The third-order valence-electron chi connectivity index (χ3n) is 12.4. The van der Waals surface area contributed by atoms with Crippen LogP contribution in [0, 0.1) is 0 Å². The van der Waals surface area contributed by atoms with Crippen LogP contribution in [0.5, 0.6) is 0 Å². The summed E-state index contributed by atoms with van der Waals surface area (Å²) in [5.41, 5.74) is 19.0. The molecular weight excluding hydrogens is 719 g/mol. The number of para-hydroxylation sites is 4. The standard InChI is InChI=1S/C54H33BN2O2/c1-3-14-36(15-4-1)56-44-30-28-34(38-20-11-26-50-52(38)40-18-7-9-24-48(40)58-50)32-42(44)55-43-33-35(39-21-12-27-51-53(39)41-19-8-10-25-49(41)59-51)29-31-45(43)57(37-16-5-2-6-17-37)47-23-13-22-46(56)54(47)55/h1-33H. The summed E-state index contributed by atoms with van der Waals surface area (Å²) in [6, 6.07) is 72.1. The highest BCUT2D eigenvalue weighted by molar-refractivity contribution is 7.00. The van der Waals surface area contributed by atoms with Crippen LogP contribution in [0.3, 0.4) is 0 Å². The molecule has 2 aliphatic rings. The Hall–Kier alpha value is -7.76. The second-order valence-corrected chi connectivity index (χ2v) is 15.6. The number of furan rings is 2. The van der Waals surface area contributed by atoms with E-state index in [1.807, 2.05) is 12.1 Å². The van der Waals surface area contributed by atoms with Gasteiger partial charge < -0.3 is 18.6 Å². The lowest BCUT2D eigenvalue weighted by Gasteiger charge is -2.44. The fourth-order valence-electron chi connectivity index (χ4n) is 10.0. The summed E-state index contributed by atoms with van der Waals surface area (Å²) in [4.78, 5) is 4.91. The number of hydrogen-bond donors (Lipinski definition) is 0. The summed E-state index contributed by atoms with van der Waals surface area (Å²) >= 11 is 0. The zero-order valence-corrected chi connectivity index (χ0v) is 31.8. The molecule has 2 aliphatic heterocycles. The summed E-state index contributed by atoms with van der Waals surface area (Å²) in [6.07, 6.45) is 0. The van der Waals surface area contributed by atoms with E-state index in [2.05, 4.69) is 198 Å². The van der Waals surface area contributed by atoms with Gasteiger partial charge in [0.2, 0.25) is 0 Å². The molecule has 13 rings (SSSR count). The Labute approximate surface area is 340 Å². The SMILES string of the molecule is c1ccc(N2c3ccc(-c4cccc5oc6ccccc6c45)cc3B3c4cc(-c5cccc6oc7ccccc7c56)ccc4N(c4ccccc4)c4cccc2c43)cc1. The Morgan fingerprint density at radius 2 is 0.763 bits per heavy atom. The van der Waals surface area contributed by atoms with Gasteiger partial charge >= 0.3 is 0 Å². The number of fused-ring (bicyclic) bond motifs is 10. The fraction of sp³-hybridized carbons (Fsp3) is 0. The minimum atomic E-state index is -0.0633. The van der Waals surface area contributed by atoms with E-state index >= 15 is 0 Å². The van der Waals surface area contributed by atoms with Gasteiger partial charge in [0.25, 0.3) is 6.71 Å². The van der Waals surface area contributed by atoms with Crippen molar-refractivity contribution in [3.63, 3.8) is 0 Å². The molecular formula is C54H33BN2O2. The second kappa shape index (κ2) is 12.4. The first kappa shape index (κ1) is 32.3. The maximum Gasteiger partial charge on any atom is 0.252 e. The smallest absolute Gasteiger partial charge is 0.252 e. The molecule has 9 aromatic carbocycles. The van der Waals surface area contributed by atoms with Gasteiger partial charge in [0.15, 0.2) is 0 Å². The molecule has 11 aromatic rings. The number of rotatable bonds is 4. The van der Waals surface area contributed by atoms with Crippen molar-refractivity contribution < 1.29 is 8.83 Å². The average molecular weight is 753 g/mol. The van der Waals surface area contributed by atoms with Gasteiger partial charge in [-0.1, -0.05) is 127 Å². The van der Waals surface area contributed by atoms with Crippen molar-refractivity contribution in [3.8, 4) is 22.3 Å². The Kier molecular flexibility index (Phi) is 6.78. The number of nitrogens with zero attached hydrogens (tertiary/aromatic N) is 2. The van der Waals surface area contributed by atoms with Gasteiger partial charge in [-0.25, -0.2) is 0 Å². The zero-order chi connectivity index (χ0) is 38.6. The van der Waals surface area contributed by atoms with Gasteiger partial charge in [-0.05, 0) is 111 Å². The Morgan fingerprint density at radius 1 is 0.339 bits per heavy atom. The van der Waals surface area contributed by atoms with Crippen molar-refractivity contribution in [2.45, 2.75) is 0 Å². The van der Waals surface area contributed by atoms with Crippen molar-refractivity contribution in [2.75, 3.05) is 9.80 Å². The van der Waals surface area contributed by atoms with E-state index in [4.69, 9.17) is 8.83 Å². The largest absolute Gasteiger partial charge is 0.456 e. The monoisotopic (exact) mass is 752 g/mol. The van der Waals surface area contributed by atoms with Gasteiger partial charge in [0.1, 0.15) is 22.3 Å². The first-order chi connectivity index (χ1) is 29.3. The zero-order valence-electron chi connectivity index (χ0n) is 31.8. The molecule has 0 saturated heterocycles. The molecule has 4 nitrogen and oxygen atoms in total. The first-order valence-electron chi connectivity index (χ1n) is 20.2. The van der Waals surface area contributed by atoms with Crippen molar-refractivity contribution >= 4 is 101 Å². The molecule has 0 atom stereocenters. The molecule has 5 heteroatoms. The molecule has 0 aliphatic carbocycles. The molecule has 59 heavy (non-hydrogen) atoms. The lowest BCUT2D eigenvalue weighted by molar-refractivity contribution is 0.668. The molecule has 0 unspecified atom stereocenters. The highest BCUT2D eigenvalue weighted by Gasteiger charge is 2.43. The second-order valence-electron chi connectivity index (χ2n) is 15.6. The number of hydrogen-bond acceptors (Lipinski definition) is 4. The van der Waals surface area contributed by atoms with Gasteiger partial charge in [0.05, 0.1) is 0 Å². The summed E-state index contributed by atoms with van der Waals surface area (Å²) in [5, 5.41) is 4.53. The molecule has 0 bridgehead atoms. The van der Waals surface area contributed by atoms with Gasteiger partial charge in [-0.3, -0.25) is 0 Å². The van der Waals surface area contributed by atoms with Crippen LogP contribution in [0.15, 0.2) is 209 Å². The maximum absolute atomic E-state index is 6.40. The predicted octanol–water partition coefficient (Wildman–Crippen LogP) is 12.9. The van der Waals surface area contributed by atoms with E-state index in [1.54, 1.807) is 0 Å². The van der Waals surface area contributed by atoms with Crippen molar-refractivity contribution in [3.05, 3.63) is 200 Å². The summed E-state index contributed by atoms with van der Waals surface area (Å²) in [7, 11) is 0. The predicted molar refractivity (Wildman–Crippen MR) is 246 cm³/mol. The normalized spacial score (nSPS) is 13.0. The quantitative estimate of drug-likeness (QED) is 0.168. The van der Waals surface area contributed by atoms with E-state index in [0.717, 1.165) is 77.5 Å². The van der Waals surface area contributed by atoms with E-state index in [0.29, 0.717) is 0 Å². The van der Waals surface area contributed by atoms with Gasteiger partial charge in [0, 0.05) is 55.7 Å². The minimum absolute atomic E-state index is 0.0633. The third kappa shape index (κ3) is 4.67. The van der Waals surface area contributed by atoms with Crippen LogP contribution >= 0.6 is 0 Å². The summed E-state index contributed by atoms with van der Waals surface area (Å²) < 4.78 is 12.8. The van der Waals surface area contributed by atoms with E-state index in [-0.39, 0.29) is 6.71 Å². The topological polar surface area (TPSA) is 32.8 Å². The fourth-order valence-corrected chi connectivity index (χ4v) is 10.0. The Bertz CT molecular complexity index is 3250. The molecule has 0 saturated carbocycles. The lowest BCUT2D eigenvalue weighted by atomic mass is 9.33. The first-order valence-corrected chi connectivity index (χ1v) is 20.2. The van der Waals surface area contributed by atoms with Gasteiger partial charge in [-0.15, -0.1) is 0 Å². The van der Waals surface area contributed by atoms with Crippen LogP contribution in [0.4, 0.5) is 34.1 Å². The van der Waals surface area contributed by atoms with Crippen LogP contribution in [0.1, 0.15) is 0 Å². The Morgan fingerprint density at radius 3 is 1.25 bits per heavy atom. The van der Waals surface area contributed by atoms with Crippen LogP contribution in [0.2, 0.25) is 0 Å². The Balaban J connectivity index is 1.12. The third-order valence-corrected chi connectivity index (χ3v) is 12.4. The molecule has 0 fully saturated rings. The number of anilines is 6. The molecule has 274 valence electrons. The molecule has 2 aromatic heterocycles. The minimum Gasteiger partial charge on any atom is -0.456 e. The van der Waals surface area contributed by atoms with Crippen LogP contribution in [-0.2, 0) is 0 Å². The van der Waals surface area contributed by atoms with Crippen LogP contribution in [0.25, 0.3) is 66.1 Å². The van der Waals surface area contributed by atoms with Crippen LogP contribution < -0.4 is 26.2 Å². The van der Waals surface area contributed by atoms with E-state index in [1.165, 1.54) is 39.1 Å².